The van der Waals surface area contributed by atoms with Gasteiger partial charge in [-0.25, -0.2) is 4.79 Å². The van der Waals surface area contributed by atoms with Crippen molar-refractivity contribution in [3.63, 3.8) is 0 Å². The summed E-state index contributed by atoms with van der Waals surface area (Å²) in [6, 6.07) is 14.3. The van der Waals surface area contributed by atoms with Crippen molar-refractivity contribution in [2.75, 3.05) is 13.1 Å². The molecule has 1 aliphatic heterocycles. The molecular weight excluding hydrogens is 378 g/mol. The van der Waals surface area contributed by atoms with Gasteiger partial charge in [-0.05, 0) is 47.6 Å². The van der Waals surface area contributed by atoms with Gasteiger partial charge < -0.3 is 10.0 Å². The maximum atomic E-state index is 11.0. The van der Waals surface area contributed by atoms with Crippen LogP contribution in [0.25, 0.3) is 11.1 Å². The van der Waals surface area contributed by atoms with E-state index in [2.05, 4.69) is 40.2 Å². The van der Waals surface area contributed by atoms with Gasteiger partial charge in [-0.15, -0.1) is 0 Å². The summed E-state index contributed by atoms with van der Waals surface area (Å²) in [5.41, 5.74) is 3.53. The standard InChI is InChI=1S/C18H17BrClNO2/c19-17-11-15(20)5-6-16(17)14-3-1-12(2-4-14)13-7-9-21(10-8-13)18(22)23/h1-6,11,13H,7-10H2,(H,22,23). The summed E-state index contributed by atoms with van der Waals surface area (Å²) in [5.74, 6) is 0.438. The Morgan fingerprint density at radius 1 is 1.13 bits per heavy atom. The van der Waals surface area contributed by atoms with Gasteiger partial charge in [-0.3, -0.25) is 0 Å². The molecule has 120 valence electrons. The largest absolute Gasteiger partial charge is 0.465 e. The van der Waals surface area contributed by atoms with E-state index >= 15 is 0 Å². The number of hydrogen-bond donors (Lipinski definition) is 1. The summed E-state index contributed by atoms with van der Waals surface area (Å²) >= 11 is 9.54. The highest BCUT2D eigenvalue weighted by Gasteiger charge is 2.23. The van der Waals surface area contributed by atoms with Gasteiger partial charge in [-0.1, -0.05) is 57.9 Å². The Hall–Kier alpha value is -1.52. The van der Waals surface area contributed by atoms with Crippen molar-refractivity contribution in [1.29, 1.82) is 0 Å². The fourth-order valence-electron chi connectivity index (χ4n) is 3.06. The van der Waals surface area contributed by atoms with Crippen LogP contribution in [0.15, 0.2) is 46.9 Å². The summed E-state index contributed by atoms with van der Waals surface area (Å²) in [5, 5.41) is 9.73. The van der Waals surface area contributed by atoms with E-state index in [1.54, 1.807) is 0 Å². The van der Waals surface area contributed by atoms with Crippen molar-refractivity contribution in [2.45, 2.75) is 18.8 Å². The number of piperidine rings is 1. The Kier molecular flexibility index (Phi) is 4.93. The first kappa shape index (κ1) is 16.3. The molecule has 0 unspecified atom stereocenters. The normalized spacial score (nSPS) is 15.7. The Morgan fingerprint density at radius 2 is 1.78 bits per heavy atom. The third-order valence-electron chi connectivity index (χ3n) is 4.39. The molecule has 1 fully saturated rings. The number of benzene rings is 2. The summed E-state index contributed by atoms with van der Waals surface area (Å²) in [4.78, 5) is 12.5. The fraction of sp³-hybridized carbons (Fsp3) is 0.278. The van der Waals surface area contributed by atoms with Crippen molar-refractivity contribution in [3.05, 3.63) is 57.5 Å². The zero-order valence-corrected chi connectivity index (χ0v) is 14.8. The minimum absolute atomic E-state index is 0.438. The average molecular weight is 395 g/mol. The predicted molar refractivity (Wildman–Crippen MR) is 96.2 cm³/mol. The van der Waals surface area contributed by atoms with Gasteiger partial charge >= 0.3 is 6.09 Å². The molecule has 0 saturated carbocycles. The number of likely N-dealkylation sites (tertiary alicyclic amines) is 1. The second kappa shape index (κ2) is 6.93. The predicted octanol–water partition coefficient (Wildman–Crippen LogP) is 5.63. The highest BCUT2D eigenvalue weighted by Crippen LogP contribution is 2.33. The van der Waals surface area contributed by atoms with Gasteiger partial charge in [0.25, 0.3) is 0 Å². The number of amides is 1. The molecule has 1 saturated heterocycles. The van der Waals surface area contributed by atoms with Crippen LogP contribution in [0.1, 0.15) is 24.3 Å². The Bertz CT molecular complexity index is 709. The first-order chi connectivity index (χ1) is 11.0. The molecule has 0 atom stereocenters. The number of carboxylic acid groups (broad SMARTS) is 1. The maximum absolute atomic E-state index is 11.0. The van der Waals surface area contributed by atoms with E-state index in [0.29, 0.717) is 24.0 Å². The monoisotopic (exact) mass is 393 g/mol. The molecule has 3 rings (SSSR count). The molecule has 0 aromatic heterocycles. The van der Waals surface area contributed by atoms with Gasteiger partial charge in [0, 0.05) is 22.6 Å². The van der Waals surface area contributed by atoms with Gasteiger partial charge in [0.05, 0.1) is 0 Å². The summed E-state index contributed by atoms with van der Waals surface area (Å²) < 4.78 is 0.979. The van der Waals surface area contributed by atoms with Crippen LogP contribution in [0.5, 0.6) is 0 Å². The van der Waals surface area contributed by atoms with Crippen molar-refractivity contribution in [3.8, 4) is 11.1 Å². The lowest BCUT2D eigenvalue weighted by Crippen LogP contribution is -2.36. The molecule has 5 heteroatoms. The van der Waals surface area contributed by atoms with Crippen LogP contribution in [0.4, 0.5) is 4.79 Å². The summed E-state index contributed by atoms with van der Waals surface area (Å²) in [6.07, 6.45) is 0.957. The van der Waals surface area contributed by atoms with Crippen molar-refractivity contribution >= 4 is 33.6 Å². The van der Waals surface area contributed by atoms with E-state index in [9.17, 15) is 4.79 Å². The van der Waals surface area contributed by atoms with Crippen molar-refractivity contribution in [1.82, 2.24) is 4.90 Å². The topological polar surface area (TPSA) is 40.5 Å². The minimum Gasteiger partial charge on any atom is -0.465 e. The van der Waals surface area contributed by atoms with Gasteiger partial charge in [-0.2, -0.15) is 0 Å². The maximum Gasteiger partial charge on any atom is 0.407 e. The molecule has 1 N–H and O–H groups in total. The quantitative estimate of drug-likeness (QED) is 0.717. The van der Waals surface area contributed by atoms with Crippen LogP contribution in [0, 0.1) is 0 Å². The number of halogens is 2. The minimum atomic E-state index is -0.814. The van der Waals surface area contributed by atoms with Crippen molar-refractivity contribution in [2.24, 2.45) is 0 Å². The Labute approximate surface area is 149 Å². The van der Waals surface area contributed by atoms with Crippen LogP contribution in [-0.4, -0.2) is 29.2 Å². The van der Waals surface area contributed by atoms with E-state index in [1.807, 2.05) is 18.2 Å². The Morgan fingerprint density at radius 3 is 2.35 bits per heavy atom. The smallest absolute Gasteiger partial charge is 0.407 e. The van der Waals surface area contributed by atoms with Crippen LogP contribution in [0.2, 0.25) is 5.02 Å². The lowest BCUT2D eigenvalue weighted by Gasteiger charge is -2.30. The van der Waals surface area contributed by atoms with E-state index in [1.165, 1.54) is 10.5 Å². The van der Waals surface area contributed by atoms with Crippen LogP contribution in [0.3, 0.4) is 0 Å². The molecule has 0 aliphatic carbocycles. The van der Waals surface area contributed by atoms with E-state index in [-0.39, 0.29) is 0 Å². The molecule has 2 aromatic carbocycles. The molecule has 2 aromatic rings. The highest BCUT2D eigenvalue weighted by molar-refractivity contribution is 9.10. The average Bonchev–Trinajstić information content (AvgIpc) is 2.55. The second-order valence-corrected chi connectivity index (χ2v) is 7.08. The molecule has 3 nitrogen and oxygen atoms in total. The van der Waals surface area contributed by atoms with E-state index < -0.39 is 6.09 Å². The van der Waals surface area contributed by atoms with Crippen LogP contribution in [-0.2, 0) is 0 Å². The fourth-order valence-corrected chi connectivity index (χ4v) is 3.97. The van der Waals surface area contributed by atoms with E-state index in [0.717, 1.165) is 28.4 Å². The Balaban J connectivity index is 1.74. The number of rotatable bonds is 2. The van der Waals surface area contributed by atoms with Crippen molar-refractivity contribution < 1.29 is 9.90 Å². The van der Waals surface area contributed by atoms with E-state index in [4.69, 9.17) is 16.7 Å². The third-order valence-corrected chi connectivity index (χ3v) is 5.28. The molecule has 0 spiro atoms. The number of carbonyl (C=O) groups is 1. The molecule has 1 aliphatic rings. The molecule has 23 heavy (non-hydrogen) atoms. The summed E-state index contributed by atoms with van der Waals surface area (Å²) in [6.45, 7) is 1.23. The van der Waals surface area contributed by atoms with Crippen LogP contribution >= 0.6 is 27.5 Å². The third kappa shape index (κ3) is 3.70. The zero-order valence-electron chi connectivity index (χ0n) is 12.5. The molecule has 1 amide bonds. The molecule has 1 heterocycles. The number of nitrogens with zero attached hydrogens (tertiary/aromatic N) is 1. The summed E-state index contributed by atoms with van der Waals surface area (Å²) in [7, 11) is 0. The zero-order chi connectivity index (χ0) is 16.4. The first-order valence-corrected chi connectivity index (χ1v) is 8.75. The second-order valence-electron chi connectivity index (χ2n) is 5.79. The SMILES string of the molecule is O=C(O)N1CCC(c2ccc(-c3ccc(Cl)cc3Br)cc2)CC1. The van der Waals surface area contributed by atoms with Crippen LogP contribution < -0.4 is 0 Å². The number of hydrogen-bond acceptors (Lipinski definition) is 1. The van der Waals surface area contributed by atoms with Gasteiger partial charge in [0.1, 0.15) is 0 Å². The lowest BCUT2D eigenvalue weighted by molar-refractivity contribution is 0.132. The lowest BCUT2D eigenvalue weighted by atomic mass is 9.88. The van der Waals surface area contributed by atoms with Gasteiger partial charge in [0.2, 0.25) is 0 Å². The molecule has 0 radical (unpaired) electrons. The highest BCUT2D eigenvalue weighted by atomic mass is 79.9. The van der Waals surface area contributed by atoms with Gasteiger partial charge in [0.15, 0.2) is 0 Å². The molecular formula is C18H17BrClNO2. The first-order valence-electron chi connectivity index (χ1n) is 7.58. The molecule has 0 bridgehead atoms.